The Morgan fingerprint density at radius 2 is 1.96 bits per heavy atom. The molecule has 1 heterocycles. The van der Waals surface area contributed by atoms with Gasteiger partial charge in [-0.1, -0.05) is 6.07 Å². The highest BCUT2D eigenvalue weighted by Crippen LogP contribution is 2.29. The number of halogens is 1. The maximum atomic E-state index is 14.0. The minimum Gasteiger partial charge on any atom is -0.507 e. The highest BCUT2D eigenvalue weighted by molar-refractivity contribution is 6.09. The second kappa shape index (κ2) is 6.08. The van der Waals surface area contributed by atoms with Gasteiger partial charge in [-0.25, -0.2) is 14.4 Å². The molecule has 0 saturated carbocycles. The van der Waals surface area contributed by atoms with Gasteiger partial charge in [-0.05, 0) is 48.9 Å². The molecule has 3 aromatic rings. The van der Waals surface area contributed by atoms with Crippen LogP contribution in [0.1, 0.15) is 21.5 Å². The van der Waals surface area contributed by atoms with Gasteiger partial charge in [-0.2, -0.15) is 0 Å². The van der Waals surface area contributed by atoms with Crippen molar-refractivity contribution in [2.45, 2.75) is 6.92 Å². The zero-order chi connectivity index (χ0) is 17.3. The Morgan fingerprint density at radius 1 is 1.17 bits per heavy atom. The lowest BCUT2D eigenvalue weighted by atomic mass is 9.98. The molecule has 0 unspecified atom stereocenters. The van der Waals surface area contributed by atoms with Gasteiger partial charge in [0.1, 0.15) is 11.6 Å². The van der Waals surface area contributed by atoms with E-state index in [-0.39, 0.29) is 22.8 Å². The summed E-state index contributed by atoms with van der Waals surface area (Å²) in [7, 11) is 0. The molecule has 0 aliphatic heterocycles. The molecule has 5 nitrogen and oxygen atoms in total. The highest BCUT2D eigenvalue weighted by Gasteiger charge is 2.17. The van der Waals surface area contributed by atoms with E-state index in [1.807, 2.05) is 0 Å². The highest BCUT2D eigenvalue weighted by atomic mass is 19.1. The minimum atomic E-state index is -0.582. The monoisotopic (exact) mass is 323 g/mol. The van der Waals surface area contributed by atoms with E-state index in [2.05, 4.69) is 9.97 Å². The van der Waals surface area contributed by atoms with Crippen LogP contribution in [0.15, 0.2) is 48.7 Å². The molecule has 24 heavy (non-hydrogen) atoms. The van der Waals surface area contributed by atoms with Crippen LogP contribution in [0.4, 0.5) is 10.3 Å². The Kier molecular flexibility index (Phi) is 3.95. The molecule has 0 radical (unpaired) electrons. The van der Waals surface area contributed by atoms with Crippen molar-refractivity contribution in [2.24, 2.45) is 0 Å². The van der Waals surface area contributed by atoms with Crippen molar-refractivity contribution in [2.75, 3.05) is 5.73 Å². The fourth-order valence-corrected chi connectivity index (χ4v) is 2.37. The lowest BCUT2D eigenvalue weighted by Gasteiger charge is -2.08. The number of carbonyl (C=O) groups excluding carboxylic acids is 1. The van der Waals surface area contributed by atoms with Crippen molar-refractivity contribution in [3.05, 3.63) is 71.2 Å². The normalized spacial score (nSPS) is 10.6. The van der Waals surface area contributed by atoms with Gasteiger partial charge in [-0.3, -0.25) is 4.79 Å². The van der Waals surface area contributed by atoms with Crippen LogP contribution in [-0.2, 0) is 0 Å². The summed E-state index contributed by atoms with van der Waals surface area (Å²) >= 11 is 0. The molecule has 0 amide bonds. The summed E-state index contributed by atoms with van der Waals surface area (Å²) < 4.78 is 14.0. The number of benzene rings is 2. The number of carbonyl (C=O) groups is 1. The summed E-state index contributed by atoms with van der Waals surface area (Å²) in [5.74, 6) is -1.07. The quantitative estimate of drug-likeness (QED) is 0.723. The van der Waals surface area contributed by atoms with Crippen LogP contribution in [0, 0.1) is 12.7 Å². The molecule has 3 N–H and O–H groups in total. The minimum absolute atomic E-state index is 0.0283. The van der Waals surface area contributed by atoms with E-state index in [0.717, 1.165) is 5.56 Å². The van der Waals surface area contributed by atoms with Gasteiger partial charge >= 0.3 is 0 Å². The van der Waals surface area contributed by atoms with Crippen LogP contribution < -0.4 is 5.73 Å². The first-order chi connectivity index (χ1) is 11.5. The Labute approximate surface area is 137 Å². The van der Waals surface area contributed by atoms with Crippen molar-refractivity contribution < 1.29 is 14.3 Å². The first-order valence-corrected chi connectivity index (χ1v) is 7.18. The average Bonchev–Trinajstić information content (AvgIpc) is 2.55. The number of aromatic hydroxyl groups is 1. The van der Waals surface area contributed by atoms with Crippen LogP contribution in [0.3, 0.4) is 0 Å². The molecule has 2 aromatic carbocycles. The number of hydrogen-bond acceptors (Lipinski definition) is 5. The molecule has 0 aliphatic carbocycles. The van der Waals surface area contributed by atoms with Crippen molar-refractivity contribution in [1.82, 2.24) is 9.97 Å². The third-order valence-electron chi connectivity index (χ3n) is 3.58. The topological polar surface area (TPSA) is 89.1 Å². The van der Waals surface area contributed by atoms with Crippen LogP contribution in [0.5, 0.6) is 5.75 Å². The number of aromatic nitrogens is 2. The molecular weight excluding hydrogens is 309 g/mol. The Balaban J connectivity index is 2.06. The van der Waals surface area contributed by atoms with Crippen molar-refractivity contribution in [3.8, 4) is 17.0 Å². The molecule has 0 aliphatic rings. The van der Waals surface area contributed by atoms with Gasteiger partial charge in [0.25, 0.3) is 0 Å². The summed E-state index contributed by atoms with van der Waals surface area (Å²) in [6.45, 7) is 1.75. The Morgan fingerprint density at radius 3 is 2.67 bits per heavy atom. The summed E-state index contributed by atoms with van der Waals surface area (Å²) in [4.78, 5) is 20.4. The zero-order valence-electron chi connectivity index (χ0n) is 12.8. The van der Waals surface area contributed by atoms with E-state index in [1.54, 1.807) is 19.1 Å². The van der Waals surface area contributed by atoms with E-state index in [9.17, 15) is 14.3 Å². The number of ketones is 1. The largest absolute Gasteiger partial charge is 0.507 e. The maximum absolute atomic E-state index is 14.0. The average molecular weight is 323 g/mol. The molecule has 0 bridgehead atoms. The van der Waals surface area contributed by atoms with E-state index in [0.29, 0.717) is 11.3 Å². The van der Waals surface area contributed by atoms with Crippen LogP contribution >= 0.6 is 0 Å². The third kappa shape index (κ3) is 2.94. The van der Waals surface area contributed by atoms with Gasteiger partial charge in [0, 0.05) is 17.3 Å². The molecule has 3 rings (SSSR count). The summed E-state index contributed by atoms with van der Waals surface area (Å²) in [5, 5.41) is 10.0. The molecule has 6 heteroatoms. The lowest BCUT2D eigenvalue weighted by Crippen LogP contribution is -2.05. The van der Waals surface area contributed by atoms with Crippen molar-refractivity contribution in [3.63, 3.8) is 0 Å². The number of nitrogens with two attached hydrogens (primary N) is 1. The number of nitrogen functional groups attached to an aromatic ring is 1. The van der Waals surface area contributed by atoms with Crippen LogP contribution in [0.25, 0.3) is 11.3 Å². The fourth-order valence-electron chi connectivity index (χ4n) is 2.37. The summed E-state index contributed by atoms with van der Waals surface area (Å²) in [5.41, 5.74) is 7.18. The molecule has 0 spiro atoms. The van der Waals surface area contributed by atoms with E-state index in [1.165, 1.54) is 36.5 Å². The predicted octanol–water partition coefficient (Wildman–Crippen LogP) is 3.11. The van der Waals surface area contributed by atoms with Gasteiger partial charge < -0.3 is 10.8 Å². The SMILES string of the molecule is Cc1ccc(C(=O)c2ccc(O)c(-c3ccnc(N)n3)c2)c(F)c1. The van der Waals surface area contributed by atoms with Gasteiger partial charge in [0.2, 0.25) is 5.95 Å². The van der Waals surface area contributed by atoms with Crippen molar-refractivity contribution in [1.29, 1.82) is 0 Å². The molecular formula is C18H14FN3O2. The van der Waals surface area contributed by atoms with Crippen molar-refractivity contribution >= 4 is 11.7 Å². The smallest absolute Gasteiger partial charge is 0.220 e. The number of rotatable bonds is 3. The number of nitrogens with zero attached hydrogens (tertiary/aromatic N) is 2. The van der Waals surface area contributed by atoms with E-state index < -0.39 is 11.6 Å². The number of phenols is 1. The van der Waals surface area contributed by atoms with E-state index >= 15 is 0 Å². The number of aryl methyl sites for hydroxylation is 1. The molecule has 0 saturated heterocycles. The molecule has 0 fully saturated rings. The second-order valence-electron chi connectivity index (χ2n) is 5.34. The summed E-state index contributed by atoms with van der Waals surface area (Å²) in [6, 6.07) is 10.2. The zero-order valence-corrected chi connectivity index (χ0v) is 12.8. The van der Waals surface area contributed by atoms with Crippen LogP contribution in [0.2, 0.25) is 0 Å². The van der Waals surface area contributed by atoms with Gasteiger partial charge in [0.15, 0.2) is 5.78 Å². The lowest BCUT2D eigenvalue weighted by molar-refractivity contribution is 0.103. The third-order valence-corrected chi connectivity index (χ3v) is 3.58. The standard InChI is InChI=1S/C18H14FN3O2/c1-10-2-4-12(14(19)8-10)17(24)11-3-5-16(23)13(9-11)15-6-7-21-18(20)22-15/h2-9,23H,1H3,(H2,20,21,22). The van der Waals surface area contributed by atoms with Gasteiger partial charge in [0.05, 0.1) is 11.3 Å². The predicted molar refractivity (Wildman–Crippen MR) is 88.1 cm³/mol. The number of hydrogen-bond donors (Lipinski definition) is 2. The maximum Gasteiger partial charge on any atom is 0.220 e. The first-order valence-electron chi connectivity index (χ1n) is 7.18. The van der Waals surface area contributed by atoms with Gasteiger partial charge in [-0.15, -0.1) is 0 Å². The second-order valence-corrected chi connectivity index (χ2v) is 5.34. The van der Waals surface area contributed by atoms with E-state index in [4.69, 9.17) is 5.73 Å². The molecule has 1 aromatic heterocycles. The molecule has 120 valence electrons. The first kappa shape index (κ1) is 15.6. The Bertz CT molecular complexity index is 941. The number of phenolic OH excluding ortho intramolecular Hbond substituents is 1. The fraction of sp³-hybridized carbons (Fsp3) is 0.0556. The summed E-state index contributed by atoms with van der Waals surface area (Å²) in [6.07, 6.45) is 1.45. The number of anilines is 1. The Hall–Kier alpha value is -3.28. The van der Waals surface area contributed by atoms with Crippen LogP contribution in [-0.4, -0.2) is 20.9 Å². The molecule has 0 atom stereocenters.